The van der Waals surface area contributed by atoms with Crippen LogP contribution >= 0.6 is 0 Å². The van der Waals surface area contributed by atoms with Gasteiger partial charge in [-0.15, -0.1) is 0 Å². The molecular formula is C19H26N4O3. The van der Waals surface area contributed by atoms with E-state index in [-0.39, 0.29) is 18.4 Å². The summed E-state index contributed by atoms with van der Waals surface area (Å²) in [5.41, 5.74) is 2.09. The molecule has 2 aromatic rings. The van der Waals surface area contributed by atoms with E-state index >= 15 is 0 Å². The van der Waals surface area contributed by atoms with Crippen LogP contribution in [0.2, 0.25) is 0 Å². The summed E-state index contributed by atoms with van der Waals surface area (Å²) in [4.78, 5) is 24.2. The highest BCUT2D eigenvalue weighted by atomic mass is 16.5. The van der Waals surface area contributed by atoms with Gasteiger partial charge in [-0.3, -0.25) is 9.48 Å². The summed E-state index contributed by atoms with van der Waals surface area (Å²) >= 11 is 0. The first kappa shape index (κ1) is 19.5. The van der Waals surface area contributed by atoms with E-state index in [0.29, 0.717) is 13.1 Å². The predicted octanol–water partition coefficient (Wildman–Crippen LogP) is 2.32. The van der Waals surface area contributed by atoms with Crippen LogP contribution in [0.1, 0.15) is 31.9 Å². The minimum atomic E-state index is -0.646. The lowest BCUT2D eigenvalue weighted by Crippen LogP contribution is -2.49. The number of rotatable bonds is 8. The molecule has 0 bridgehead atoms. The van der Waals surface area contributed by atoms with E-state index in [2.05, 4.69) is 15.7 Å². The highest BCUT2D eigenvalue weighted by Crippen LogP contribution is 2.11. The molecule has 2 rings (SSSR count). The van der Waals surface area contributed by atoms with Crippen LogP contribution in [0.3, 0.4) is 0 Å². The van der Waals surface area contributed by atoms with Gasteiger partial charge in [0.1, 0.15) is 6.04 Å². The Morgan fingerprint density at radius 3 is 2.54 bits per heavy atom. The SMILES string of the molecule is CCOC(=O)N[C@H](C(=O)NCc1ccccc1Cn1cccn1)C(C)C. The van der Waals surface area contributed by atoms with Crippen LogP contribution in [0.15, 0.2) is 42.7 Å². The van der Waals surface area contributed by atoms with Crippen molar-refractivity contribution in [1.29, 1.82) is 0 Å². The van der Waals surface area contributed by atoms with E-state index in [1.54, 1.807) is 13.1 Å². The molecule has 1 aromatic carbocycles. The minimum absolute atomic E-state index is 0.0567. The molecule has 1 aromatic heterocycles. The van der Waals surface area contributed by atoms with Crippen LogP contribution in [-0.2, 0) is 22.6 Å². The number of amides is 2. The minimum Gasteiger partial charge on any atom is -0.450 e. The maximum absolute atomic E-state index is 12.5. The Labute approximate surface area is 153 Å². The number of carbonyl (C=O) groups excluding carboxylic acids is 2. The first-order chi connectivity index (χ1) is 12.5. The van der Waals surface area contributed by atoms with Gasteiger partial charge in [0.15, 0.2) is 0 Å². The molecule has 0 aliphatic carbocycles. The Morgan fingerprint density at radius 1 is 1.19 bits per heavy atom. The number of hydrogen-bond acceptors (Lipinski definition) is 4. The van der Waals surface area contributed by atoms with Gasteiger partial charge < -0.3 is 15.4 Å². The van der Waals surface area contributed by atoms with Crippen molar-refractivity contribution in [3.63, 3.8) is 0 Å². The van der Waals surface area contributed by atoms with Gasteiger partial charge in [0.25, 0.3) is 0 Å². The molecule has 0 aliphatic heterocycles. The molecule has 0 spiro atoms. The van der Waals surface area contributed by atoms with Crippen molar-refractivity contribution in [2.45, 2.75) is 39.9 Å². The van der Waals surface area contributed by atoms with Gasteiger partial charge >= 0.3 is 6.09 Å². The van der Waals surface area contributed by atoms with Crippen molar-refractivity contribution in [3.05, 3.63) is 53.9 Å². The van der Waals surface area contributed by atoms with E-state index in [1.807, 2.05) is 55.1 Å². The lowest BCUT2D eigenvalue weighted by Gasteiger charge is -2.21. The fraction of sp³-hybridized carbons (Fsp3) is 0.421. The largest absolute Gasteiger partial charge is 0.450 e. The molecule has 0 fully saturated rings. The standard InChI is InChI=1S/C19H26N4O3/c1-4-26-19(25)22-17(14(2)3)18(24)20-12-15-8-5-6-9-16(15)13-23-11-7-10-21-23/h5-11,14,17H,4,12-13H2,1-3H3,(H,20,24)(H,22,25)/t17-/m0/s1. The van der Waals surface area contributed by atoms with Crippen LogP contribution in [-0.4, -0.2) is 34.4 Å². The number of alkyl carbamates (subject to hydrolysis) is 1. The maximum Gasteiger partial charge on any atom is 0.407 e. The number of carbonyl (C=O) groups is 2. The van der Waals surface area contributed by atoms with Crippen molar-refractivity contribution >= 4 is 12.0 Å². The summed E-state index contributed by atoms with van der Waals surface area (Å²) in [6, 6.07) is 9.11. The number of nitrogens with one attached hydrogen (secondary N) is 2. The molecule has 0 saturated heterocycles. The van der Waals surface area contributed by atoms with E-state index < -0.39 is 12.1 Å². The second-order valence-electron chi connectivity index (χ2n) is 6.28. The third kappa shape index (κ3) is 5.61. The van der Waals surface area contributed by atoms with Gasteiger partial charge in [-0.25, -0.2) is 4.79 Å². The van der Waals surface area contributed by atoms with E-state index in [9.17, 15) is 9.59 Å². The van der Waals surface area contributed by atoms with Gasteiger partial charge in [-0.05, 0) is 30.0 Å². The molecule has 0 saturated carbocycles. The topological polar surface area (TPSA) is 85.2 Å². The summed E-state index contributed by atoms with van der Waals surface area (Å²) in [6.45, 7) is 6.75. The zero-order valence-electron chi connectivity index (χ0n) is 15.4. The van der Waals surface area contributed by atoms with Crippen LogP contribution in [0, 0.1) is 5.92 Å². The second kappa shape index (κ2) is 9.60. The van der Waals surface area contributed by atoms with Crippen LogP contribution in [0.4, 0.5) is 4.79 Å². The zero-order chi connectivity index (χ0) is 18.9. The first-order valence-electron chi connectivity index (χ1n) is 8.76. The van der Waals surface area contributed by atoms with Crippen molar-refractivity contribution in [2.75, 3.05) is 6.61 Å². The molecule has 0 radical (unpaired) electrons. The van der Waals surface area contributed by atoms with Gasteiger partial charge in [-0.1, -0.05) is 38.1 Å². The second-order valence-corrected chi connectivity index (χ2v) is 6.28. The fourth-order valence-corrected chi connectivity index (χ4v) is 2.58. The Morgan fingerprint density at radius 2 is 1.92 bits per heavy atom. The van der Waals surface area contributed by atoms with E-state index in [1.165, 1.54) is 0 Å². The number of hydrogen-bond donors (Lipinski definition) is 2. The smallest absolute Gasteiger partial charge is 0.407 e. The molecule has 26 heavy (non-hydrogen) atoms. The average molecular weight is 358 g/mol. The molecule has 2 N–H and O–H groups in total. The lowest BCUT2D eigenvalue weighted by atomic mass is 10.0. The molecular weight excluding hydrogens is 332 g/mol. The Hall–Kier alpha value is -2.83. The highest BCUT2D eigenvalue weighted by molar-refractivity contribution is 5.85. The van der Waals surface area contributed by atoms with Crippen molar-refractivity contribution in [1.82, 2.24) is 20.4 Å². The zero-order valence-corrected chi connectivity index (χ0v) is 15.4. The average Bonchev–Trinajstić information content (AvgIpc) is 3.11. The monoisotopic (exact) mass is 358 g/mol. The fourth-order valence-electron chi connectivity index (χ4n) is 2.58. The van der Waals surface area contributed by atoms with E-state index in [0.717, 1.165) is 11.1 Å². The van der Waals surface area contributed by atoms with Gasteiger partial charge in [0.05, 0.1) is 13.2 Å². The summed E-state index contributed by atoms with van der Waals surface area (Å²) in [5.74, 6) is -0.291. The summed E-state index contributed by atoms with van der Waals surface area (Å²) in [5, 5.41) is 9.74. The molecule has 7 nitrogen and oxygen atoms in total. The van der Waals surface area contributed by atoms with Gasteiger partial charge in [-0.2, -0.15) is 5.10 Å². The molecule has 1 heterocycles. The maximum atomic E-state index is 12.5. The molecule has 2 amide bonds. The Bertz CT molecular complexity index is 713. The first-order valence-corrected chi connectivity index (χ1v) is 8.76. The highest BCUT2D eigenvalue weighted by Gasteiger charge is 2.24. The summed E-state index contributed by atoms with van der Waals surface area (Å²) in [6.07, 6.45) is 3.05. The van der Waals surface area contributed by atoms with Crippen molar-refractivity contribution in [2.24, 2.45) is 5.92 Å². The van der Waals surface area contributed by atoms with Crippen molar-refractivity contribution in [3.8, 4) is 0 Å². The number of nitrogens with zero attached hydrogens (tertiary/aromatic N) is 2. The molecule has 0 aliphatic rings. The van der Waals surface area contributed by atoms with Crippen molar-refractivity contribution < 1.29 is 14.3 Å². The van der Waals surface area contributed by atoms with Gasteiger partial charge in [0.2, 0.25) is 5.91 Å². The molecule has 7 heteroatoms. The number of benzene rings is 1. The molecule has 1 atom stereocenters. The molecule has 140 valence electrons. The Kier molecular flexibility index (Phi) is 7.20. The quantitative estimate of drug-likeness (QED) is 0.758. The van der Waals surface area contributed by atoms with Crippen LogP contribution in [0.25, 0.3) is 0 Å². The van der Waals surface area contributed by atoms with Gasteiger partial charge in [0, 0.05) is 18.9 Å². The summed E-state index contributed by atoms with van der Waals surface area (Å²) in [7, 11) is 0. The van der Waals surface area contributed by atoms with Crippen LogP contribution in [0.5, 0.6) is 0 Å². The number of ether oxygens (including phenoxy) is 1. The Balaban J connectivity index is 2.00. The number of aromatic nitrogens is 2. The van der Waals surface area contributed by atoms with Crippen LogP contribution < -0.4 is 10.6 Å². The molecule has 0 unspecified atom stereocenters. The predicted molar refractivity (Wildman–Crippen MR) is 98.4 cm³/mol. The normalized spacial score (nSPS) is 11.8. The summed E-state index contributed by atoms with van der Waals surface area (Å²) < 4.78 is 6.71. The van der Waals surface area contributed by atoms with E-state index in [4.69, 9.17) is 4.74 Å². The third-order valence-electron chi connectivity index (χ3n) is 3.96. The third-order valence-corrected chi connectivity index (χ3v) is 3.96. The lowest BCUT2D eigenvalue weighted by molar-refractivity contribution is -0.124.